The molecule has 2 amide bonds. The van der Waals surface area contributed by atoms with Crippen molar-refractivity contribution in [2.24, 2.45) is 0 Å². The Kier molecular flexibility index (Phi) is 7.22. The summed E-state index contributed by atoms with van der Waals surface area (Å²) in [5.74, 6) is -0.468. The van der Waals surface area contributed by atoms with Crippen molar-refractivity contribution in [1.29, 1.82) is 0 Å². The Morgan fingerprint density at radius 3 is 2.56 bits per heavy atom. The number of hydrogen-bond acceptors (Lipinski definition) is 5. The molecule has 172 valence electrons. The summed E-state index contributed by atoms with van der Waals surface area (Å²) in [7, 11) is 1.79. The van der Waals surface area contributed by atoms with Gasteiger partial charge in [-0.2, -0.15) is 0 Å². The third kappa shape index (κ3) is 6.35. The largest absolute Gasteiger partial charge is 0.444 e. The fourth-order valence-electron chi connectivity index (χ4n) is 3.49. The first-order valence-corrected chi connectivity index (χ1v) is 10.6. The van der Waals surface area contributed by atoms with Crippen molar-refractivity contribution in [3.05, 3.63) is 59.9 Å². The molecule has 2 aromatic rings. The molecule has 2 aromatic carbocycles. The Bertz CT molecular complexity index is 946. The van der Waals surface area contributed by atoms with Crippen LogP contribution in [-0.2, 0) is 16.1 Å². The number of amides is 2. The lowest BCUT2D eigenvalue weighted by Gasteiger charge is -2.28. The molecule has 0 radical (unpaired) electrons. The summed E-state index contributed by atoms with van der Waals surface area (Å²) in [6.45, 7) is 6.62. The number of likely N-dealkylation sites (tertiary alicyclic amines) is 1. The van der Waals surface area contributed by atoms with Gasteiger partial charge in [0, 0.05) is 31.9 Å². The topological polar surface area (TPSA) is 71.1 Å². The van der Waals surface area contributed by atoms with Crippen molar-refractivity contribution in [3.63, 3.8) is 0 Å². The quantitative estimate of drug-likeness (QED) is 0.703. The van der Waals surface area contributed by atoms with Gasteiger partial charge in [-0.3, -0.25) is 5.32 Å². The molecule has 1 unspecified atom stereocenters. The first-order chi connectivity index (χ1) is 15.1. The molecule has 7 nitrogen and oxygen atoms in total. The van der Waals surface area contributed by atoms with E-state index in [0.29, 0.717) is 30.9 Å². The van der Waals surface area contributed by atoms with Gasteiger partial charge in [0.2, 0.25) is 0 Å². The Morgan fingerprint density at radius 1 is 1.19 bits per heavy atom. The maximum Gasteiger partial charge on any atom is 0.411 e. The smallest absolute Gasteiger partial charge is 0.411 e. The van der Waals surface area contributed by atoms with Crippen LogP contribution in [-0.4, -0.2) is 48.9 Å². The van der Waals surface area contributed by atoms with Crippen LogP contribution < -0.4 is 10.2 Å². The number of rotatable bonds is 5. The standard InChI is InChI=1S/C24H30FN3O4/c1-24(2,3)32-23(30)28-13-12-19(15-28)27(4)21-11-10-18(14-20(21)25)26-22(29)31-16-17-8-6-5-7-9-17/h5-11,14,19H,12-13,15-16H2,1-4H3,(H,26,29). The number of ether oxygens (including phenoxy) is 2. The molecule has 0 aromatic heterocycles. The van der Waals surface area contributed by atoms with E-state index in [0.717, 1.165) is 5.56 Å². The molecule has 1 N–H and O–H groups in total. The maximum absolute atomic E-state index is 14.8. The molecule has 0 bridgehead atoms. The molecule has 0 spiro atoms. The highest BCUT2D eigenvalue weighted by Gasteiger charge is 2.32. The predicted octanol–water partition coefficient (Wildman–Crippen LogP) is 5.02. The third-order valence-electron chi connectivity index (χ3n) is 5.15. The van der Waals surface area contributed by atoms with Crippen LogP contribution in [0.3, 0.4) is 0 Å². The van der Waals surface area contributed by atoms with Crippen LogP contribution in [0.5, 0.6) is 0 Å². The number of nitrogens with one attached hydrogen (secondary N) is 1. The second-order valence-electron chi connectivity index (χ2n) is 8.83. The zero-order chi connectivity index (χ0) is 23.3. The summed E-state index contributed by atoms with van der Waals surface area (Å²) in [5, 5.41) is 2.54. The SMILES string of the molecule is CN(c1ccc(NC(=O)OCc2ccccc2)cc1F)C1CCN(C(=O)OC(C)(C)C)C1. The van der Waals surface area contributed by atoms with E-state index < -0.39 is 17.5 Å². The number of likely N-dealkylation sites (N-methyl/N-ethyl adjacent to an activating group) is 1. The molecule has 0 aliphatic carbocycles. The van der Waals surface area contributed by atoms with Crippen LogP contribution in [0.25, 0.3) is 0 Å². The highest BCUT2D eigenvalue weighted by atomic mass is 19.1. The number of anilines is 2. The van der Waals surface area contributed by atoms with Crippen molar-refractivity contribution in [3.8, 4) is 0 Å². The fourth-order valence-corrected chi connectivity index (χ4v) is 3.49. The van der Waals surface area contributed by atoms with Crippen LogP contribution in [0.15, 0.2) is 48.5 Å². The van der Waals surface area contributed by atoms with E-state index in [1.165, 1.54) is 6.07 Å². The highest BCUT2D eigenvalue weighted by molar-refractivity contribution is 5.85. The minimum Gasteiger partial charge on any atom is -0.444 e. The molecule has 8 heteroatoms. The first kappa shape index (κ1) is 23.4. The lowest BCUT2D eigenvalue weighted by molar-refractivity contribution is 0.0292. The van der Waals surface area contributed by atoms with E-state index in [2.05, 4.69) is 5.32 Å². The number of carbonyl (C=O) groups excluding carboxylic acids is 2. The monoisotopic (exact) mass is 443 g/mol. The molecule has 3 rings (SSSR count). The van der Waals surface area contributed by atoms with E-state index in [9.17, 15) is 14.0 Å². The Balaban J connectivity index is 1.55. The van der Waals surface area contributed by atoms with Crippen molar-refractivity contribution in [2.45, 2.75) is 45.4 Å². The maximum atomic E-state index is 14.8. The van der Waals surface area contributed by atoms with Crippen molar-refractivity contribution in [1.82, 2.24) is 4.90 Å². The molecule has 1 fully saturated rings. The molecule has 1 aliphatic rings. The van der Waals surface area contributed by atoms with E-state index in [4.69, 9.17) is 9.47 Å². The molecular weight excluding hydrogens is 413 g/mol. The molecule has 1 saturated heterocycles. The number of nitrogens with zero attached hydrogens (tertiary/aromatic N) is 2. The van der Waals surface area contributed by atoms with Crippen LogP contribution in [0.2, 0.25) is 0 Å². The van der Waals surface area contributed by atoms with E-state index in [1.807, 2.05) is 56.0 Å². The normalized spacial score (nSPS) is 15.9. The van der Waals surface area contributed by atoms with Gasteiger partial charge in [-0.1, -0.05) is 30.3 Å². The average Bonchev–Trinajstić information content (AvgIpc) is 3.22. The van der Waals surface area contributed by atoms with Gasteiger partial charge in [0.1, 0.15) is 18.0 Å². The van der Waals surface area contributed by atoms with Crippen LogP contribution in [0.4, 0.5) is 25.4 Å². The van der Waals surface area contributed by atoms with Gasteiger partial charge in [0.05, 0.1) is 5.69 Å². The second kappa shape index (κ2) is 9.89. The Labute approximate surface area is 188 Å². The van der Waals surface area contributed by atoms with Gasteiger partial charge in [0.15, 0.2) is 0 Å². The number of benzene rings is 2. The molecule has 1 heterocycles. The third-order valence-corrected chi connectivity index (χ3v) is 5.15. The molecule has 1 atom stereocenters. The van der Waals surface area contributed by atoms with E-state index >= 15 is 0 Å². The van der Waals surface area contributed by atoms with Crippen molar-refractivity contribution < 1.29 is 23.5 Å². The zero-order valence-corrected chi connectivity index (χ0v) is 18.9. The van der Waals surface area contributed by atoms with Crippen LogP contribution >= 0.6 is 0 Å². The summed E-state index contributed by atoms with van der Waals surface area (Å²) in [6.07, 6.45) is -0.304. The minimum absolute atomic E-state index is 0.0355. The number of halogens is 1. The first-order valence-electron chi connectivity index (χ1n) is 10.6. The summed E-state index contributed by atoms with van der Waals surface area (Å²) in [5.41, 5.74) is 1.00. The molecule has 0 saturated carbocycles. The van der Waals surface area contributed by atoms with Gasteiger partial charge >= 0.3 is 12.2 Å². The van der Waals surface area contributed by atoms with Gasteiger partial charge in [-0.25, -0.2) is 14.0 Å². The summed E-state index contributed by atoms with van der Waals surface area (Å²) in [6, 6.07) is 13.8. The predicted molar refractivity (Wildman–Crippen MR) is 121 cm³/mol. The van der Waals surface area contributed by atoms with Crippen LogP contribution in [0.1, 0.15) is 32.8 Å². The van der Waals surface area contributed by atoms with E-state index in [-0.39, 0.29) is 18.7 Å². The summed E-state index contributed by atoms with van der Waals surface area (Å²) >= 11 is 0. The Morgan fingerprint density at radius 2 is 1.91 bits per heavy atom. The Hall–Kier alpha value is -3.29. The summed E-state index contributed by atoms with van der Waals surface area (Å²) in [4.78, 5) is 27.7. The summed E-state index contributed by atoms with van der Waals surface area (Å²) < 4.78 is 25.4. The molecule has 1 aliphatic heterocycles. The van der Waals surface area contributed by atoms with Gasteiger partial charge in [0.25, 0.3) is 0 Å². The lowest BCUT2D eigenvalue weighted by atomic mass is 10.2. The van der Waals surface area contributed by atoms with Crippen molar-refractivity contribution >= 4 is 23.6 Å². The van der Waals surface area contributed by atoms with Gasteiger partial charge in [-0.15, -0.1) is 0 Å². The van der Waals surface area contributed by atoms with E-state index in [1.54, 1.807) is 24.1 Å². The van der Waals surface area contributed by atoms with Crippen LogP contribution in [0, 0.1) is 5.82 Å². The second-order valence-corrected chi connectivity index (χ2v) is 8.83. The molecular formula is C24H30FN3O4. The fraction of sp³-hybridized carbons (Fsp3) is 0.417. The number of hydrogen-bond donors (Lipinski definition) is 1. The average molecular weight is 444 g/mol. The highest BCUT2D eigenvalue weighted by Crippen LogP contribution is 2.27. The van der Waals surface area contributed by atoms with Gasteiger partial charge < -0.3 is 19.3 Å². The zero-order valence-electron chi connectivity index (χ0n) is 18.9. The number of carbonyl (C=O) groups is 2. The minimum atomic E-state index is -0.654. The molecule has 32 heavy (non-hydrogen) atoms. The lowest BCUT2D eigenvalue weighted by Crippen LogP contribution is -2.39. The van der Waals surface area contributed by atoms with Gasteiger partial charge in [-0.05, 0) is 51.0 Å². The van der Waals surface area contributed by atoms with Crippen molar-refractivity contribution in [2.75, 3.05) is 30.4 Å².